The van der Waals surface area contributed by atoms with Crippen LogP contribution in [-0.4, -0.2) is 24.3 Å². The highest BCUT2D eigenvalue weighted by Gasteiger charge is 2.16. The third-order valence-corrected chi connectivity index (χ3v) is 3.11. The Balaban J connectivity index is 3.61. The van der Waals surface area contributed by atoms with Crippen molar-refractivity contribution in [2.24, 2.45) is 11.3 Å². The molecule has 0 heterocycles. The first-order valence-electron chi connectivity index (χ1n) is 6.27. The quantitative estimate of drug-likeness (QED) is 0.610. The Bertz CT molecular complexity index is 155. The van der Waals surface area contributed by atoms with E-state index in [0.29, 0.717) is 12.0 Å². The Morgan fingerprint density at radius 2 is 1.87 bits per heavy atom. The second kappa shape index (κ2) is 7.24. The van der Waals surface area contributed by atoms with Crippen LogP contribution in [0.4, 0.5) is 0 Å². The molecule has 0 fully saturated rings. The van der Waals surface area contributed by atoms with Crippen molar-refractivity contribution in [3.8, 4) is 0 Å². The molecule has 1 unspecified atom stereocenters. The highest BCUT2D eigenvalue weighted by molar-refractivity contribution is 4.71. The molecule has 1 atom stereocenters. The van der Waals surface area contributed by atoms with E-state index in [1.54, 1.807) is 0 Å². The fourth-order valence-electron chi connectivity index (χ4n) is 1.78. The van der Waals surface area contributed by atoms with Gasteiger partial charge in [0, 0.05) is 12.6 Å². The largest absolute Gasteiger partial charge is 0.396 e. The molecule has 0 bridgehead atoms. The second-order valence-electron chi connectivity index (χ2n) is 5.64. The van der Waals surface area contributed by atoms with Crippen molar-refractivity contribution in [2.75, 3.05) is 13.2 Å². The molecule has 0 aliphatic carbocycles. The Hall–Kier alpha value is -0.0800. The zero-order valence-corrected chi connectivity index (χ0v) is 11.1. The van der Waals surface area contributed by atoms with Gasteiger partial charge >= 0.3 is 0 Å². The molecule has 0 aromatic carbocycles. The minimum absolute atomic E-state index is 0.0845. The predicted octanol–water partition coefficient (Wildman–Crippen LogP) is 2.81. The average Bonchev–Trinajstić information content (AvgIpc) is 2.17. The van der Waals surface area contributed by atoms with Crippen molar-refractivity contribution >= 4 is 0 Å². The van der Waals surface area contributed by atoms with Gasteiger partial charge in [0.1, 0.15) is 0 Å². The van der Waals surface area contributed by atoms with Crippen LogP contribution in [0, 0.1) is 11.3 Å². The minimum atomic E-state index is 0.0845. The number of aliphatic hydroxyl groups excluding tert-OH is 1. The molecule has 0 aromatic rings. The van der Waals surface area contributed by atoms with Gasteiger partial charge in [-0.05, 0) is 37.1 Å². The lowest BCUT2D eigenvalue weighted by molar-refractivity contribution is 0.147. The summed E-state index contributed by atoms with van der Waals surface area (Å²) in [6, 6.07) is 0.641. The molecule has 0 aliphatic rings. The summed E-state index contributed by atoms with van der Waals surface area (Å²) in [6.45, 7) is 12.3. The highest BCUT2D eigenvalue weighted by atomic mass is 16.3. The van der Waals surface area contributed by atoms with Crippen LogP contribution in [0.1, 0.15) is 53.9 Å². The van der Waals surface area contributed by atoms with Crippen LogP contribution in [0.3, 0.4) is 0 Å². The van der Waals surface area contributed by atoms with Crippen molar-refractivity contribution in [2.45, 2.75) is 59.9 Å². The molecule has 0 amide bonds. The minimum Gasteiger partial charge on any atom is -0.396 e. The number of aliphatic hydroxyl groups is 1. The van der Waals surface area contributed by atoms with E-state index in [1.165, 1.54) is 6.42 Å². The Labute approximate surface area is 95.5 Å². The van der Waals surface area contributed by atoms with Crippen molar-refractivity contribution in [3.63, 3.8) is 0 Å². The molecule has 0 saturated carbocycles. The second-order valence-corrected chi connectivity index (χ2v) is 5.64. The van der Waals surface area contributed by atoms with Crippen LogP contribution in [0.25, 0.3) is 0 Å². The van der Waals surface area contributed by atoms with E-state index in [9.17, 15) is 0 Å². The van der Waals surface area contributed by atoms with Crippen LogP contribution in [0.5, 0.6) is 0 Å². The molecular formula is C13H29NO. The van der Waals surface area contributed by atoms with Crippen LogP contribution >= 0.6 is 0 Å². The van der Waals surface area contributed by atoms with Gasteiger partial charge in [0.05, 0.1) is 0 Å². The summed E-state index contributed by atoms with van der Waals surface area (Å²) in [6.07, 6.45) is 3.43. The third kappa shape index (κ3) is 6.91. The fraction of sp³-hybridized carbons (Fsp3) is 1.00. The van der Waals surface area contributed by atoms with E-state index in [-0.39, 0.29) is 12.0 Å². The average molecular weight is 215 g/mol. The number of nitrogens with one attached hydrogen (secondary N) is 1. The molecular weight excluding hydrogens is 186 g/mol. The molecule has 15 heavy (non-hydrogen) atoms. The van der Waals surface area contributed by atoms with Crippen LogP contribution in [0.2, 0.25) is 0 Å². The van der Waals surface area contributed by atoms with Gasteiger partial charge in [0.15, 0.2) is 0 Å². The number of rotatable bonds is 8. The van der Waals surface area contributed by atoms with Crippen molar-refractivity contribution in [3.05, 3.63) is 0 Å². The lowest BCUT2D eigenvalue weighted by Crippen LogP contribution is -2.34. The SMILES string of the molecule is CCC(NCCCC(C)(C)CO)C(C)C. The van der Waals surface area contributed by atoms with E-state index < -0.39 is 0 Å². The third-order valence-electron chi connectivity index (χ3n) is 3.11. The van der Waals surface area contributed by atoms with Crippen LogP contribution < -0.4 is 5.32 Å². The first kappa shape index (κ1) is 14.9. The maximum Gasteiger partial charge on any atom is 0.0482 e. The summed E-state index contributed by atoms with van der Waals surface area (Å²) in [5.41, 5.74) is 0.0845. The first-order chi connectivity index (χ1) is 6.93. The molecule has 2 heteroatoms. The van der Waals surface area contributed by atoms with Gasteiger partial charge < -0.3 is 10.4 Å². The molecule has 0 spiro atoms. The topological polar surface area (TPSA) is 32.3 Å². The van der Waals surface area contributed by atoms with Gasteiger partial charge in [-0.15, -0.1) is 0 Å². The number of hydrogen-bond donors (Lipinski definition) is 2. The van der Waals surface area contributed by atoms with E-state index >= 15 is 0 Å². The molecule has 0 saturated heterocycles. The van der Waals surface area contributed by atoms with Gasteiger partial charge in [0.2, 0.25) is 0 Å². The summed E-state index contributed by atoms with van der Waals surface area (Å²) in [4.78, 5) is 0. The zero-order valence-electron chi connectivity index (χ0n) is 11.1. The first-order valence-corrected chi connectivity index (χ1v) is 6.27. The van der Waals surface area contributed by atoms with Gasteiger partial charge in [-0.3, -0.25) is 0 Å². The normalized spacial score (nSPS) is 14.6. The maximum absolute atomic E-state index is 9.12. The predicted molar refractivity (Wildman–Crippen MR) is 67.0 cm³/mol. The Morgan fingerprint density at radius 1 is 1.27 bits per heavy atom. The molecule has 92 valence electrons. The van der Waals surface area contributed by atoms with E-state index in [2.05, 4.69) is 39.9 Å². The van der Waals surface area contributed by atoms with Gasteiger partial charge in [0.25, 0.3) is 0 Å². The van der Waals surface area contributed by atoms with Gasteiger partial charge in [-0.2, -0.15) is 0 Å². The summed E-state index contributed by atoms with van der Waals surface area (Å²) in [7, 11) is 0. The van der Waals surface area contributed by atoms with Crippen molar-refractivity contribution in [1.82, 2.24) is 5.32 Å². The lowest BCUT2D eigenvalue weighted by atomic mass is 9.89. The van der Waals surface area contributed by atoms with Crippen LogP contribution in [0.15, 0.2) is 0 Å². The fourth-order valence-corrected chi connectivity index (χ4v) is 1.78. The van der Waals surface area contributed by atoms with Gasteiger partial charge in [-0.25, -0.2) is 0 Å². The smallest absolute Gasteiger partial charge is 0.0482 e. The summed E-state index contributed by atoms with van der Waals surface area (Å²) in [5, 5.41) is 12.7. The Kier molecular flexibility index (Phi) is 7.20. The monoisotopic (exact) mass is 215 g/mol. The standard InChI is InChI=1S/C13H29NO/c1-6-12(11(2)3)14-9-7-8-13(4,5)10-15/h11-12,14-15H,6-10H2,1-5H3. The molecule has 2 N–H and O–H groups in total. The summed E-state index contributed by atoms with van der Waals surface area (Å²) in [5.74, 6) is 0.709. The van der Waals surface area contributed by atoms with E-state index in [4.69, 9.17) is 5.11 Å². The van der Waals surface area contributed by atoms with E-state index in [0.717, 1.165) is 19.4 Å². The van der Waals surface area contributed by atoms with Gasteiger partial charge in [-0.1, -0.05) is 34.6 Å². The summed E-state index contributed by atoms with van der Waals surface area (Å²) >= 11 is 0. The molecule has 0 aromatic heterocycles. The molecule has 0 rings (SSSR count). The highest BCUT2D eigenvalue weighted by Crippen LogP contribution is 2.20. The van der Waals surface area contributed by atoms with Crippen LogP contribution in [-0.2, 0) is 0 Å². The Morgan fingerprint density at radius 3 is 2.27 bits per heavy atom. The van der Waals surface area contributed by atoms with Crippen molar-refractivity contribution in [1.29, 1.82) is 0 Å². The zero-order chi connectivity index (χ0) is 11.9. The van der Waals surface area contributed by atoms with Crippen molar-refractivity contribution < 1.29 is 5.11 Å². The van der Waals surface area contributed by atoms with E-state index in [1.807, 2.05) is 0 Å². The molecule has 0 aliphatic heterocycles. The molecule has 0 radical (unpaired) electrons. The maximum atomic E-state index is 9.12. The lowest BCUT2D eigenvalue weighted by Gasteiger charge is -2.24. The summed E-state index contributed by atoms with van der Waals surface area (Å²) < 4.78 is 0. The molecule has 2 nitrogen and oxygen atoms in total. The number of hydrogen-bond acceptors (Lipinski definition) is 2.